The van der Waals surface area contributed by atoms with E-state index >= 15 is 0 Å². The van der Waals surface area contributed by atoms with Gasteiger partial charge in [0.05, 0.1) is 17.8 Å². The summed E-state index contributed by atoms with van der Waals surface area (Å²) in [6.07, 6.45) is 1.45. The zero-order valence-electron chi connectivity index (χ0n) is 19.7. The summed E-state index contributed by atoms with van der Waals surface area (Å²) in [5.41, 5.74) is 4.82. The quantitative estimate of drug-likeness (QED) is 0.261. The van der Waals surface area contributed by atoms with E-state index in [9.17, 15) is 9.59 Å². The molecule has 0 radical (unpaired) electrons. The Bertz CT molecular complexity index is 1230. The van der Waals surface area contributed by atoms with Gasteiger partial charge in [0.2, 0.25) is 0 Å². The number of nitrogens with zero attached hydrogens (tertiary/aromatic N) is 1. The third-order valence-electron chi connectivity index (χ3n) is 4.62. The van der Waals surface area contributed by atoms with Crippen molar-refractivity contribution in [3.8, 4) is 17.2 Å². The summed E-state index contributed by atoms with van der Waals surface area (Å²) in [5, 5.41) is 7.48. The van der Waals surface area contributed by atoms with Gasteiger partial charge in [0.25, 0.3) is 11.8 Å². The van der Waals surface area contributed by atoms with E-state index < -0.39 is 5.91 Å². The van der Waals surface area contributed by atoms with E-state index in [0.29, 0.717) is 45.2 Å². The molecule has 0 aliphatic carbocycles. The molecule has 10 heteroatoms. The van der Waals surface area contributed by atoms with Crippen LogP contribution in [-0.2, 0) is 9.59 Å². The molecule has 0 aliphatic rings. The summed E-state index contributed by atoms with van der Waals surface area (Å²) in [7, 11) is 0. The maximum absolute atomic E-state index is 12.2. The molecule has 36 heavy (non-hydrogen) atoms. The van der Waals surface area contributed by atoms with E-state index in [1.165, 1.54) is 12.3 Å². The Kier molecular flexibility index (Phi) is 9.97. The number of amides is 2. The van der Waals surface area contributed by atoms with Gasteiger partial charge in [-0.3, -0.25) is 9.59 Å². The minimum atomic E-state index is -0.471. The van der Waals surface area contributed by atoms with Gasteiger partial charge in [-0.1, -0.05) is 40.9 Å². The first-order valence-electron chi connectivity index (χ1n) is 11.0. The fourth-order valence-electron chi connectivity index (χ4n) is 2.92. The third kappa shape index (κ3) is 8.48. The van der Waals surface area contributed by atoms with Crippen LogP contribution >= 0.6 is 23.2 Å². The zero-order chi connectivity index (χ0) is 25.9. The Morgan fingerprint density at radius 2 is 1.56 bits per heavy atom. The molecule has 0 heterocycles. The Morgan fingerprint density at radius 3 is 2.28 bits per heavy atom. The number of hydrogen-bond acceptors (Lipinski definition) is 6. The van der Waals surface area contributed by atoms with Crippen LogP contribution in [0.1, 0.15) is 18.1 Å². The topological polar surface area (TPSA) is 98.2 Å². The number of rotatable bonds is 11. The zero-order valence-corrected chi connectivity index (χ0v) is 21.2. The number of hydrogen-bond donors (Lipinski definition) is 2. The molecular formula is C26H25Cl2N3O5. The van der Waals surface area contributed by atoms with E-state index in [2.05, 4.69) is 15.8 Å². The minimum Gasteiger partial charge on any atom is -0.490 e. The van der Waals surface area contributed by atoms with Gasteiger partial charge < -0.3 is 19.5 Å². The van der Waals surface area contributed by atoms with Crippen molar-refractivity contribution < 1.29 is 23.8 Å². The number of aryl methyl sites for hydroxylation is 1. The smallest absolute Gasteiger partial charge is 0.277 e. The normalized spacial score (nSPS) is 10.7. The van der Waals surface area contributed by atoms with Crippen molar-refractivity contribution in [1.29, 1.82) is 0 Å². The molecule has 0 saturated carbocycles. The third-order valence-corrected chi connectivity index (χ3v) is 5.15. The molecular weight excluding hydrogens is 505 g/mol. The van der Waals surface area contributed by atoms with Crippen molar-refractivity contribution in [2.75, 3.05) is 25.1 Å². The molecule has 0 atom stereocenters. The molecule has 3 aromatic rings. The van der Waals surface area contributed by atoms with Gasteiger partial charge in [-0.15, -0.1) is 0 Å². The molecule has 3 aromatic carbocycles. The number of ether oxygens (including phenoxy) is 3. The summed E-state index contributed by atoms with van der Waals surface area (Å²) < 4.78 is 16.6. The predicted octanol–water partition coefficient (Wildman–Crippen LogP) is 5.25. The Hall–Kier alpha value is -3.75. The lowest BCUT2D eigenvalue weighted by Crippen LogP contribution is -2.24. The highest BCUT2D eigenvalue weighted by Crippen LogP contribution is 2.28. The van der Waals surface area contributed by atoms with E-state index in [1.807, 2.05) is 38.1 Å². The van der Waals surface area contributed by atoms with Crippen molar-refractivity contribution in [2.24, 2.45) is 5.10 Å². The second-order valence-electron chi connectivity index (χ2n) is 7.50. The van der Waals surface area contributed by atoms with E-state index in [-0.39, 0.29) is 19.1 Å². The average Bonchev–Trinajstić information content (AvgIpc) is 2.84. The van der Waals surface area contributed by atoms with Gasteiger partial charge >= 0.3 is 0 Å². The molecule has 188 valence electrons. The number of anilines is 1. The lowest BCUT2D eigenvalue weighted by Gasteiger charge is -2.13. The lowest BCUT2D eigenvalue weighted by molar-refractivity contribution is -0.123. The molecule has 0 spiro atoms. The highest BCUT2D eigenvalue weighted by molar-refractivity contribution is 6.35. The summed E-state index contributed by atoms with van der Waals surface area (Å²) in [6.45, 7) is 3.74. The second kappa shape index (κ2) is 13.4. The van der Waals surface area contributed by atoms with E-state index in [0.717, 1.165) is 5.56 Å². The van der Waals surface area contributed by atoms with Gasteiger partial charge in [0.1, 0.15) is 5.75 Å². The van der Waals surface area contributed by atoms with Crippen LogP contribution in [0, 0.1) is 6.92 Å². The summed E-state index contributed by atoms with van der Waals surface area (Å²) >= 11 is 11.9. The van der Waals surface area contributed by atoms with Gasteiger partial charge in [-0.05, 0) is 67.9 Å². The minimum absolute atomic E-state index is 0.185. The van der Waals surface area contributed by atoms with Crippen LogP contribution in [0.3, 0.4) is 0 Å². The first kappa shape index (κ1) is 26.8. The van der Waals surface area contributed by atoms with Crippen LogP contribution in [-0.4, -0.2) is 37.8 Å². The first-order valence-corrected chi connectivity index (χ1v) is 11.8. The average molecular weight is 530 g/mol. The monoisotopic (exact) mass is 529 g/mol. The highest BCUT2D eigenvalue weighted by atomic mass is 35.5. The maximum atomic E-state index is 12.2. The van der Waals surface area contributed by atoms with Crippen molar-refractivity contribution in [3.05, 3.63) is 81.8 Å². The molecule has 3 rings (SSSR count). The number of carbonyl (C=O) groups excluding carboxylic acids is 2. The maximum Gasteiger partial charge on any atom is 0.277 e. The fraction of sp³-hybridized carbons (Fsp3) is 0.192. The van der Waals surface area contributed by atoms with Crippen LogP contribution in [0.15, 0.2) is 65.8 Å². The summed E-state index contributed by atoms with van der Waals surface area (Å²) in [4.78, 5) is 24.2. The highest BCUT2D eigenvalue weighted by Gasteiger charge is 2.10. The molecule has 0 unspecified atom stereocenters. The Morgan fingerprint density at radius 1 is 0.861 bits per heavy atom. The van der Waals surface area contributed by atoms with Crippen LogP contribution in [0.2, 0.25) is 10.0 Å². The largest absolute Gasteiger partial charge is 0.490 e. The lowest BCUT2D eigenvalue weighted by atomic mass is 10.2. The van der Waals surface area contributed by atoms with Crippen LogP contribution in [0.25, 0.3) is 0 Å². The van der Waals surface area contributed by atoms with E-state index in [1.54, 1.807) is 30.3 Å². The van der Waals surface area contributed by atoms with E-state index in [4.69, 9.17) is 37.4 Å². The number of nitrogens with one attached hydrogen (secondary N) is 2. The first-order chi connectivity index (χ1) is 17.3. The standard InChI is InChI=1S/C26H25Cl2N3O5/c1-3-34-24-12-18(14-29-31-26(33)16-35-22-11-7-19(27)13-21(22)28)6-10-23(24)36-15-25(32)30-20-8-4-17(2)5-9-20/h4-14H,3,15-16H2,1-2H3,(H,30,32)(H,31,33)/b29-14+. The number of benzene rings is 3. The van der Waals surface area contributed by atoms with Crippen molar-refractivity contribution >= 4 is 46.9 Å². The Labute approximate surface area is 219 Å². The SMILES string of the molecule is CCOc1cc(/C=N/NC(=O)COc2ccc(Cl)cc2Cl)ccc1OCC(=O)Nc1ccc(C)cc1. The van der Waals surface area contributed by atoms with Crippen LogP contribution in [0.5, 0.6) is 17.2 Å². The van der Waals surface area contributed by atoms with Gasteiger partial charge in [-0.25, -0.2) is 5.43 Å². The number of carbonyl (C=O) groups is 2. The second-order valence-corrected chi connectivity index (χ2v) is 8.34. The molecule has 0 aliphatic heterocycles. The van der Waals surface area contributed by atoms with Crippen LogP contribution < -0.4 is 25.0 Å². The number of hydrazone groups is 1. The molecule has 8 nitrogen and oxygen atoms in total. The fourth-order valence-corrected chi connectivity index (χ4v) is 3.38. The Balaban J connectivity index is 1.52. The molecule has 0 fully saturated rings. The van der Waals surface area contributed by atoms with Crippen molar-refractivity contribution in [3.63, 3.8) is 0 Å². The molecule has 0 saturated heterocycles. The van der Waals surface area contributed by atoms with Crippen molar-refractivity contribution in [1.82, 2.24) is 5.43 Å². The molecule has 2 N–H and O–H groups in total. The predicted molar refractivity (Wildman–Crippen MR) is 141 cm³/mol. The van der Waals surface area contributed by atoms with Gasteiger partial charge in [0.15, 0.2) is 24.7 Å². The summed E-state index contributed by atoms with van der Waals surface area (Å²) in [5.74, 6) is 0.422. The number of halogens is 2. The summed E-state index contributed by atoms with van der Waals surface area (Å²) in [6, 6.07) is 17.3. The van der Waals surface area contributed by atoms with Crippen molar-refractivity contribution in [2.45, 2.75) is 13.8 Å². The van der Waals surface area contributed by atoms with Gasteiger partial charge in [0, 0.05) is 10.7 Å². The molecule has 0 aromatic heterocycles. The van der Waals surface area contributed by atoms with Gasteiger partial charge in [-0.2, -0.15) is 5.10 Å². The molecule has 2 amide bonds. The molecule has 0 bridgehead atoms. The van der Waals surface area contributed by atoms with Crippen LogP contribution in [0.4, 0.5) is 5.69 Å².